The van der Waals surface area contributed by atoms with E-state index in [1.54, 1.807) is 19.2 Å². The van der Waals surface area contributed by atoms with Gasteiger partial charge in [0.15, 0.2) is 5.11 Å². The van der Waals surface area contributed by atoms with Crippen LogP contribution in [0.4, 0.5) is 0 Å². The predicted molar refractivity (Wildman–Crippen MR) is 116 cm³/mol. The van der Waals surface area contributed by atoms with E-state index in [2.05, 4.69) is 10.6 Å². The maximum absolute atomic E-state index is 10.8. The van der Waals surface area contributed by atoms with Crippen LogP contribution in [-0.2, 0) is 16.0 Å². The molecule has 2 aromatic rings. The van der Waals surface area contributed by atoms with Crippen LogP contribution in [0.5, 0.6) is 5.75 Å². The molecule has 1 atom stereocenters. The number of carbonyl (C=O) groups excluding carboxylic acids is 1. The fourth-order valence-electron chi connectivity index (χ4n) is 2.59. The highest BCUT2D eigenvalue weighted by Gasteiger charge is 2.17. The van der Waals surface area contributed by atoms with Crippen LogP contribution in [0.2, 0.25) is 10.0 Å². The average Bonchev–Trinajstić information content (AvgIpc) is 2.67. The fraction of sp³-hybridized carbons (Fsp3) is 0.300. The number of rotatable bonds is 8. The lowest BCUT2D eigenvalue weighted by molar-refractivity contribution is -0.140. The average molecular weight is 441 g/mol. The predicted octanol–water partition coefficient (Wildman–Crippen LogP) is 4.31. The lowest BCUT2D eigenvalue weighted by Crippen LogP contribution is -2.40. The van der Waals surface area contributed by atoms with Crippen molar-refractivity contribution in [1.82, 2.24) is 10.6 Å². The molecule has 28 heavy (non-hydrogen) atoms. The van der Waals surface area contributed by atoms with E-state index in [9.17, 15) is 4.79 Å². The van der Waals surface area contributed by atoms with Crippen molar-refractivity contribution in [2.24, 2.45) is 0 Å². The first-order valence-corrected chi connectivity index (χ1v) is 9.81. The number of benzene rings is 2. The smallest absolute Gasteiger partial charge is 0.302 e. The summed E-state index contributed by atoms with van der Waals surface area (Å²) < 4.78 is 10.1. The highest BCUT2D eigenvalue weighted by molar-refractivity contribution is 7.80. The summed E-state index contributed by atoms with van der Waals surface area (Å²) in [5.74, 6) is 0.459. The van der Waals surface area contributed by atoms with Gasteiger partial charge in [-0.15, -0.1) is 0 Å². The number of methoxy groups -OCH3 is 1. The van der Waals surface area contributed by atoms with Crippen LogP contribution < -0.4 is 15.4 Å². The normalized spacial score (nSPS) is 11.4. The molecule has 8 heteroatoms. The lowest BCUT2D eigenvalue weighted by atomic mass is 9.98. The Labute approximate surface area is 180 Å². The van der Waals surface area contributed by atoms with E-state index in [0.717, 1.165) is 16.9 Å². The Balaban J connectivity index is 2.12. The van der Waals surface area contributed by atoms with Crippen LogP contribution in [0.1, 0.15) is 24.1 Å². The Morgan fingerprint density at radius 1 is 1.18 bits per heavy atom. The third-order valence-electron chi connectivity index (χ3n) is 3.93. The summed E-state index contributed by atoms with van der Waals surface area (Å²) in [6.45, 7) is 2.00. The van der Waals surface area contributed by atoms with Gasteiger partial charge in [0.25, 0.3) is 0 Å². The molecular weight excluding hydrogens is 419 g/mol. The zero-order valence-electron chi connectivity index (χ0n) is 15.6. The molecule has 0 aliphatic rings. The van der Waals surface area contributed by atoms with Crippen molar-refractivity contribution in [3.05, 3.63) is 63.6 Å². The van der Waals surface area contributed by atoms with Gasteiger partial charge in [0, 0.05) is 17.0 Å². The Kier molecular flexibility index (Phi) is 8.83. The molecule has 0 amide bonds. The molecular formula is C20H22Cl2N2O3S. The molecule has 5 nitrogen and oxygen atoms in total. The zero-order chi connectivity index (χ0) is 20.5. The summed E-state index contributed by atoms with van der Waals surface area (Å²) in [6, 6.07) is 12.9. The number of hydrogen-bond acceptors (Lipinski definition) is 4. The maximum atomic E-state index is 10.8. The molecule has 0 saturated heterocycles. The van der Waals surface area contributed by atoms with Crippen LogP contribution in [0.15, 0.2) is 42.5 Å². The molecule has 2 aromatic carbocycles. The van der Waals surface area contributed by atoms with Crippen LogP contribution in [0.3, 0.4) is 0 Å². The van der Waals surface area contributed by atoms with Gasteiger partial charge in [-0.05, 0) is 60.1 Å². The Morgan fingerprint density at radius 3 is 2.54 bits per heavy atom. The Morgan fingerprint density at radius 2 is 1.89 bits per heavy atom. The molecule has 0 spiro atoms. The molecule has 0 bridgehead atoms. The van der Waals surface area contributed by atoms with E-state index in [4.69, 9.17) is 44.9 Å². The van der Waals surface area contributed by atoms with Gasteiger partial charge in [-0.25, -0.2) is 0 Å². The van der Waals surface area contributed by atoms with Crippen LogP contribution >= 0.6 is 35.4 Å². The first kappa shape index (κ1) is 22.3. The molecule has 1 unspecified atom stereocenters. The minimum atomic E-state index is -0.330. The molecule has 0 aromatic heterocycles. The molecule has 0 saturated carbocycles. The number of esters is 1. The van der Waals surface area contributed by atoms with Crippen LogP contribution in [0, 0.1) is 0 Å². The summed E-state index contributed by atoms with van der Waals surface area (Å²) in [7, 11) is 1.63. The van der Waals surface area contributed by atoms with Gasteiger partial charge in [-0.1, -0.05) is 35.3 Å². The second kappa shape index (κ2) is 11.1. The van der Waals surface area contributed by atoms with Gasteiger partial charge in [0.05, 0.1) is 19.7 Å². The summed E-state index contributed by atoms with van der Waals surface area (Å²) >= 11 is 18.0. The molecule has 150 valence electrons. The second-order valence-electron chi connectivity index (χ2n) is 6.01. The van der Waals surface area contributed by atoms with Crippen molar-refractivity contribution in [2.75, 3.05) is 20.3 Å². The summed E-state index contributed by atoms with van der Waals surface area (Å²) in [5, 5.41) is 7.92. The topological polar surface area (TPSA) is 59.6 Å². The van der Waals surface area contributed by atoms with Gasteiger partial charge in [0.2, 0.25) is 0 Å². The SMILES string of the molecule is COc1ccc(CC(NC(=S)NCCOC(C)=O)c2cc(Cl)ccc2Cl)cc1. The Bertz CT molecular complexity index is 816. The summed E-state index contributed by atoms with van der Waals surface area (Å²) in [6.07, 6.45) is 0.635. The minimum Gasteiger partial charge on any atom is -0.497 e. The van der Waals surface area contributed by atoms with Crippen LogP contribution in [0.25, 0.3) is 0 Å². The maximum Gasteiger partial charge on any atom is 0.302 e. The van der Waals surface area contributed by atoms with Crippen molar-refractivity contribution in [2.45, 2.75) is 19.4 Å². The molecule has 0 radical (unpaired) electrons. The second-order valence-corrected chi connectivity index (χ2v) is 7.26. The number of halogens is 2. The first-order chi connectivity index (χ1) is 13.4. The molecule has 0 heterocycles. The number of ether oxygens (including phenoxy) is 2. The number of nitrogens with one attached hydrogen (secondary N) is 2. The van der Waals surface area contributed by atoms with Crippen molar-refractivity contribution in [3.8, 4) is 5.75 Å². The van der Waals surface area contributed by atoms with E-state index < -0.39 is 0 Å². The molecule has 2 N–H and O–H groups in total. The van der Waals surface area contributed by atoms with E-state index in [1.807, 2.05) is 30.3 Å². The largest absolute Gasteiger partial charge is 0.497 e. The minimum absolute atomic E-state index is 0.201. The zero-order valence-corrected chi connectivity index (χ0v) is 18.0. The van der Waals surface area contributed by atoms with Gasteiger partial charge >= 0.3 is 5.97 Å². The van der Waals surface area contributed by atoms with E-state index in [-0.39, 0.29) is 18.6 Å². The standard InChI is InChI=1S/C20H22Cl2N2O3S/c1-13(25)27-10-9-23-20(28)24-19(17-12-15(21)5-8-18(17)22)11-14-3-6-16(26-2)7-4-14/h3-8,12,19H,9-11H2,1-2H3,(H2,23,24,28). The van der Waals surface area contributed by atoms with Crippen LogP contribution in [-0.4, -0.2) is 31.3 Å². The summed E-state index contributed by atoms with van der Waals surface area (Å²) in [4.78, 5) is 10.8. The van der Waals surface area contributed by atoms with Gasteiger partial charge in [-0.3, -0.25) is 4.79 Å². The van der Waals surface area contributed by atoms with E-state index in [0.29, 0.717) is 28.1 Å². The Hall–Kier alpha value is -2.02. The van der Waals surface area contributed by atoms with Gasteiger partial charge in [-0.2, -0.15) is 0 Å². The summed E-state index contributed by atoms with van der Waals surface area (Å²) in [5.41, 5.74) is 1.92. The van der Waals surface area contributed by atoms with Crippen molar-refractivity contribution >= 4 is 46.5 Å². The third kappa shape index (κ3) is 7.19. The van der Waals surface area contributed by atoms with Gasteiger partial charge < -0.3 is 20.1 Å². The fourth-order valence-corrected chi connectivity index (χ4v) is 3.26. The third-order valence-corrected chi connectivity index (χ3v) is 4.77. The first-order valence-electron chi connectivity index (χ1n) is 8.64. The van der Waals surface area contributed by atoms with Crippen molar-refractivity contribution < 1.29 is 14.3 Å². The lowest BCUT2D eigenvalue weighted by Gasteiger charge is -2.23. The van der Waals surface area contributed by atoms with Crippen molar-refractivity contribution in [3.63, 3.8) is 0 Å². The highest BCUT2D eigenvalue weighted by Crippen LogP contribution is 2.29. The van der Waals surface area contributed by atoms with E-state index >= 15 is 0 Å². The van der Waals surface area contributed by atoms with Gasteiger partial charge in [0.1, 0.15) is 12.4 Å². The molecule has 0 fully saturated rings. The molecule has 0 aliphatic heterocycles. The van der Waals surface area contributed by atoms with E-state index in [1.165, 1.54) is 6.92 Å². The molecule has 2 rings (SSSR count). The quantitative estimate of drug-likeness (QED) is 0.362. The highest BCUT2D eigenvalue weighted by atomic mass is 35.5. The van der Waals surface area contributed by atoms with Crippen molar-refractivity contribution in [1.29, 1.82) is 0 Å². The number of hydrogen-bond donors (Lipinski definition) is 2. The number of thiocarbonyl (C=S) groups is 1. The monoisotopic (exact) mass is 440 g/mol. The number of carbonyl (C=O) groups is 1. The molecule has 0 aliphatic carbocycles.